The number of amides is 1. The summed E-state index contributed by atoms with van der Waals surface area (Å²) >= 11 is 11.8. The average molecular weight is 410 g/mol. The summed E-state index contributed by atoms with van der Waals surface area (Å²) in [7, 11) is 0. The van der Waals surface area contributed by atoms with Gasteiger partial charge in [0, 0.05) is 18.7 Å². The Kier molecular flexibility index (Phi) is 6.34. The predicted octanol–water partition coefficient (Wildman–Crippen LogP) is 4.73. The maximum atomic E-state index is 13.0. The van der Waals surface area contributed by atoms with Crippen LogP contribution in [-0.4, -0.2) is 29.9 Å². The van der Waals surface area contributed by atoms with Crippen LogP contribution in [0.2, 0.25) is 10.0 Å². The third kappa shape index (κ3) is 4.99. The maximum absolute atomic E-state index is 13.0. The first-order valence-electron chi connectivity index (χ1n) is 8.59. The Labute approximate surface area is 166 Å². The lowest BCUT2D eigenvalue weighted by molar-refractivity contribution is -0.151. The Bertz CT molecular complexity index is 834. The molecule has 3 rings (SSSR count). The van der Waals surface area contributed by atoms with Crippen molar-refractivity contribution in [3.8, 4) is 0 Å². The van der Waals surface area contributed by atoms with Gasteiger partial charge in [0.15, 0.2) is 0 Å². The van der Waals surface area contributed by atoms with Gasteiger partial charge in [0.2, 0.25) is 0 Å². The lowest BCUT2D eigenvalue weighted by Crippen LogP contribution is -2.40. The van der Waals surface area contributed by atoms with E-state index in [0.29, 0.717) is 41.5 Å². The Morgan fingerprint density at radius 3 is 2.33 bits per heavy atom. The number of carbonyl (C=O) groups excluding carboxylic acids is 2. The van der Waals surface area contributed by atoms with Crippen molar-refractivity contribution in [2.45, 2.75) is 19.4 Å². The molecule has 0 aromatic heterocycles. The number of benzene rings is 2. The van der Waals surface area contributed by atoms with Gasteiger partial charge in [0.25, 0.3) is 5.91 Å². The number of likely N-dealkylation sites (tertiary alicyclic amines) is 1. The molecule has 0 bridgehead atoms. The molecule has 2 aromatic rings. The summed E-state index contributed by atoms with van der Waals surface area (Å²) in [5.74, 6) is -1.06. The Morgan fingerprint density at radius 2 is 1.70 bits per heavy atom. The summed E-state index contributed by atoms with van der Waals surface area (Å²) in [6.07, 6.45) is 1.07. The number of esters is 1. The molecule has 1 heterocycles. The van der Waals surface area contributed by atoms with Crippen molar-refractivity contribution < 1.29 is 18.7 Å². The van der Waals surface area contributed by atoms with Gasteiger partial charge in [-0.15, -0.1) is 0 Å². The minimum absolute atomic E-state index is 0.129. The number of rotatable bonds is 4. The van der Waals surface area contributed by atoms with Gasteiger partial charge in [-0.05, 0) is 54.8 Å². The number of nitrogens with zero attached hydrogens (tertiary/aromatic N) is 1. The molecule has 7 heteroatoms. The normalized spacial score (nSPS) is 14.9. The molecule has 1 aliphatic rings. The molecular formula is C20H18Cl2FNO3. The molecule has 0 unspecified atom stereocenters. The molecule has 0 aliphatic carbocycles. The molecule has 1 aliphatic heterocycles. The highest BCUT2D eigenvalue weighted by Gasteiger charge is 2.28. The monoisotopic (exact) mass is 409 g/mol. The number of hydrogen-bond acceptors (Lipinski definition) is 3. The number of ether oxygens (including phenoxy) is 1. The van der Waals surface area contributed by atoms with Crippen LogP contribution in [0.4, 0.5) is 4.39 Å². The van der Waals surface area contributed by atoms with E-state index in [1.165, 1.54) is 24.3 Å². The second kappa shape index (κ2) is 8.72. The maximum Gasteiger partial charge on any atom is 0.309 e. The van der Waals surface area contributed by atoms with Gasteiger partial charge in [-0.2, -0.15) is 0 Å². The van der Waals surface area contributed by atoms with E-state index in [2.05, 4.69) is 0 Å². The molecule has 2 aromatic carbocycles. The molecule has 0 saturated carbocycles. The van der Waals surface area contributed by atoms with Gasteiger partial charge < -0.3 is 9.64 Å². The minimum Gasteiger partial charge on any atom is -0.461 e. The largest absolute Gasteiger partial charge is 0.461 e. The first-order valence-corrected chi connectivity index (χ1v) is 9.35. The zero-order chi connectivity index (χ0) is 19.4. The molecule has 0 spiro atoms. The molecule has 4 nitrogen and oxygen atoms in total. The van der Waals surface area contributed by atoms with Crippen molar-refractivity contribution in [3.63, 3.8) is 0 Å². The third-order valence-electron chi connectivity index (χ3n) is 4.57. The van der Waals surface area contributed by atoms with Gasteiger partial charge in [0.05, 0.1) is 16.0 Å². The van der Waals surface area contributed by atoms with E-state index in [0.717, 1.165) is 5.56 Å². The number of halogens is 3. The van der Waals surface area contributed by atoms with Gasteiger partial charge in [0.1, 0.15) is 12.4 Å². The summed E-state index contributed by atoms with van der Waals surface area (Å²) in [6.45, 7) is 1.05. The van der Waals surface area contributed by atoms with E-state index >= 15 is 0 Å². The second-order valence-corrected chi connectivity index (χ2v) is 7.24. The van der Waals surface area contributed by atoms with E-state index in [1.807, 2.05) is 0 Å². The summed E-state index contributed by atoms with van der Waals surface area (Å²) in [6, 6.07) is 10.5. The van der Waals surface area contributed by atoms with Crippen LogP contribution in [0, 0.1) is 11.7 Å². The highest BCUT2D eigenvalue weighted by molar-refractivity contribution is 6.42. The molecule has 1 saturated heterocycles. The summed E-state index contributed by atoms with van der Waals surface area (Å²) < 4.78 is 18.3. The summed E-state index contributed by atoms with van der Waals surface area (Å²) in [5, 5.41) is 0.864. The number of hydrogen-bond donors (Lipinski definition) is 0. The molecule has 0 atom stereocenters. The van der Waals surface area contributed by atoms with E-state index < -0.39 is 0 Å². The lowest BCUT2D eigenvalue weighted by Gasteiger charge is -2.31. The molecule has 142 valence electrons. The summed E-state index contributed by atoms with van der Waals surface area (Å²) in [4.78, 5) is 26.4. The third-order valence-corrected chi connectivity index (χ3v) is 5.31. The first kappa shape index (κ1) is 19.6. The number of carbonyl (C=O) groups is 2. The quantitative estimate of drug-likeness (QED) is 0.685. The van der Waals surface area contributed by atoms with Crippen LogP contribution in [0.1, 0.15) is 28.8 Å². The average Bonchev–Trinajstić information content (AvgIpc) is 2.69. The predicted molar refractivity (Wildman–Crippen MR) is 101 cm³/mol. The molecule has 1 fully saturated rings. The van der Waals surface area contributed by atoms with E-state index in [4.69, 9.17) is 27.9 Å². The fraction of sp³-hybridized carbons (Fsp3) is 0.300. The van der Waals surface area contributed by atoms with Crippen molar-refractivity contribution in [2.75, 3.05) is 13.1 Å². The van der Waals surface area contributed by atoms with E-state index in [1.54, 1.807) is 23.1 Å². The Hall–Kier alpha value is -2.11. The zero-order valence-corrected chi connectivity index (χ0v) is 16.0. The summed E-state index contributed by atoms with van der Waals surface area (Å²) in [5.41, 5.74) is 1.21. The Morgan fingerprint density at radius 1 is 1.04 bits per heavy atom. The molecule has 0 radical (unpaired) electrons. The SMILES string of the molecule is O=C(OCc1ccc(Cl)c(Cl)c1)C1CCN(C(=O)c2ccc(F)cc2)CC1. The van der Waals surface area contributed by atoms with Crippen LogP contribution in [0.3, 0.4) is 0 Å². The van der Waals surface area contributed by atoms with Crippen molar-refractivity contribution in [3.05, 3.63) is 69.5 Å². The fourth-order valence-corrected chi connectivity index (χ4v) is 3.32. The van der Waals surface area contributed by atoms with Crippen molar-refractivity contribution >= 4 is 35.1 Å². The molecule has 1 amide bonds. The van der Waals surface area contributed by atoms with Crippen LogP contribution in [0.15, 0.2) is 42.5 Å². The Balaban J connectivity index is 1.49. The van der Waals surface area contributed by atoms with Crippen LogP contribution in [0.25, 0.3) is 0 Å². The van der Waals surface area contributed by atoms with Gasteiger partial charge >= 0.3 is 5.97 Å². The van der Waals surface area contributed by atoms with Crippen molar-refractivity contribution in [2.24, 2.45) is 5.92 Å². The molecular weight excluding hydrogens is 392 g/mol. The number of piperidine rings is 1. The highest BCUT2D eigenvalue weighted by atomic mass is 35.5. The zero-order valence-electron chi connectivity index (χ0n) is 14.5. The van der Waals surface area contributed by atoms with E-state index in [-0.39, 0.29) is 30.2 Å². The van der Waals surface area contributed by atoms with E-state index in [9.17, 15) is 14.0 Å². The highest BCUT2D eigenvalue weighted by Crippen LogP contribution is 2.24. The fourth-order valence-electron chi connectivity index (χ4n) is 3.00. The lowest BCUT2D eigenvalue weighted by atomic mass is 9.96. The topological polar surface area (TPSA) is 46.6 Å². The molecule has 27 heavy (non-hydrogen) atoms. The van der Waals surface area contributed by atoms with Crippen LogP contribution in [0.5, 0.6) is 0 Å². The van der Waals surface area contributed by atoms with Gasteiger partial charge in [-0.25, -0.2) is 4.39 Å². The van der Waals surface area contributed by atoms with Crippen LogP contribution < -0.4 is 0 Å². The van der Waals surface area contributed by atoms with Gasteiger partial charge in [-0.1, -0.05) is 29.3 Å². The second-order valence-electron chi connectivity index (χ2n) is 6.43. The van der Waals surface area contributed by atoms with Crippen molar-refractivity contribution in [1.29, 1.82) is 0 Å². The smallest absolute Gasteiger partial charge is 0.309 e. The van der Waals surface area contributed by atoms with Gasteiger partial charge in [-0.3, -0.25) is 9.59 Å². The van der Waals surface area contributed by atoms with Crippen LogP contribution >= 0.6 is 23.2 Å². The van der Waals surface area contributed by atoms with Crippen LogP contribution in [-0.2, 0) is 16.1 Å². The van der Waals surface area contributed by atoms with Crippen molar-refractivity contribution in [1.82, 2.24) is 4.90 Å². The minimum atomic E-state index is -0.380. The first-order chi connectivity index (χ1) is 12.9. The standard InChI is InChI=1S/C20H18Cl2FNO3/c21-17-6-1-13(11-18(17)22)12-27-20(26)15-7-9-24(10-8-15)19(25)14-2-4-16(23)5-3-14/h1-6,11,15H,7-10,12H2. The molecule has 0 N–H and O–H groups in total.